The molecule has 0 saturated heterocycles. The summed E-state index contributed by atoms with van der Waals surface area (Å²) in [6, 6.07) is 2.38. The van der Waals surface area contributed by atoms with Gasteiger partial charge < -0.3 is 0 Å². The molecule has 1 N–H and O–H groups in total. The van der Waals surface area contributed by atoms with Crippen molar-refractivity contribution in [3.63, 3.8) is 0 Å². The first-order valence-corrected chi connectivity index (χ1v) is 8.46. The number of halogens is 3. The molecular formula is C13H16ClF2NO2S. The maximum atomic E-state index is 13.5. The number of benzene rings is 1. The first kappa shape index (κ1) is 15.7. The molecule has 0 amide bonds. The lowest BCUT2D eigenvalue weighted by molar-refractivity contribution is 0.417. The highest BCUT2D eigenvalue weighted by Crippen LogP contribution is 2.32. The maximum Gasteiger partial charge on any atom is 0.243 e. The molecule has 1 aromatic carbocycles. The van der Waals surface area contributed by atoms with Crippen LogP contribution in [0.2, 0.25) is 0 Å². The second kappa shape index (κ2) is 6.37. The van der Waals surface area contributed by atoms with Gasteiger partial charge in [-0.1, -0.05) is 6.42 Å². The molecule has 1 aromatic rings. The first-order valence-electron chi connectivity index (χ1n) is 6.44. The molecule has 2 unspecified atom stereocenters. The molecule has 1 aliphatic carbocycles. The van der Waals surface area contributed by atoms with Crippen LogP contribution in [0, 0.1) is 23.5 Å². The van der Waals surface area contributed by atoms with Gasteiger partial charge in [-0.05, 0) is 42.9 Å². The summed E-state index contributed by atoms with van der Waals surface area (Å²) in [7, 11) is -4.04. The average Bonchev–Trinajstić information content (AvgIpc) is 2.86. The van der Waals surface area contributed by atoms with Crippen LogP contribution in [0.25, 0.3) is 0 Å². The molecule has 0 radical (unpaired) electrons. The number of alkyl halides is 1. The zero-order valence-electron chi connectivity index (χ0n) is 10.8. The van der Waals surface area contributed by atoms with Crippen molar-refractivity contribution in [3.05, 3.63) is 29.8 Å². The predicted octanol–water partition coefficient (Wildman–Crippen LogP) is 2.90. The molecule has 112 valence electrons. The molecule has 7 heteroatoms. The van der Waals surface area contributed by atoms with Gasteiger partial charge in [0.1, 0.15) is 16.5 Å². The van der Waals surface area contributed by atoms with Crippen LogP contribution in [-0.4, -0.2) is 20.8 Å². The van der Waals surface area contributed by atoms with E-state index in [1.807, 2.05) is 0 Å². The molecule has 1 aliphatic rings. The van der Waals surface area contributed by atoms with Gasteiger partial charge in [-0.25, -0.2) is 21.9 Å². The first-order chi connectivity index (χ1) is 9.44. The third-order valence-corrected chi connectivity index (χ3v) is 5.57. The fourth-order valence-corrected chi connectivity index (χ4v) is 4.15. The van der Waals surface area contributed by atoms with Gasteiger partial charge >= 0.3 is 0 Å². The molecule has 0 heterocycles. The molecular weight excluding hydrogens is 308 g/mol. The Bertz CT molecular complexity index is 580. The van der Waals surface area contributed by atoms with Crippen LogP contribution < -0.4 is 4.72 Å². The molecule has 2 rings (SSSR count). The lowest BCUT2D eigenvalue weighted by Crippen LogP contribution is -2.31. The predicted molar refractivity (Wildman–Crippen MR) is 73.1 cm³/mol. The van der Waals surface area contributed by atoms with E-state index in [2.05, 4.69) is 4.72 Å². The summed E-state index contributed by atoms with van der Waals surface area (Å²) in [4.78, 5) is -0.655. The van der Waals surface area contributed by atoms with Crippen LogP contribution in [0.4, 0.5) is 8.78 Å². The summed E-state index contributed by atoms with van der Waals surface area (Å²) in [5.74, 6) is -0.832. The average molecular weight is 324 g/mol. The van der Waals surface area contributed by atoms with E-state index in [1.165, 1.54) is 0 Å². The highest BCUT2D eigenvalue weighted by atomic mass is 35.5. The van der Waals surface area contributed by atoms with Crippen molar-refractivity contribution in [1.29, 1.82) is 0 Å². The Morgan fingerprint density at radius 2 is 1.95 bits per heavy atom. The van der Waals surface area contributed by atoms with Crippen LogP contribution in [-0.2, 0) is 10.0 Å². The number of rotatable bonds is 5. The lowest BCUT2D eigenvalue weighted by Gasteiger charge is -2.17. The standard InChI is InChI=1S/C13H16ClF2NO2S/c14-7-9-2-1-3-10(9)8-17-20(18,19)13-6-11(15)4-5-12(13)16/h4-6,9-10,17H,1-3,7-8H2. The van der Waals surface area contributed by atoms with Gasteiger partial charge in [0.05, 0.1) is 0 Å². The highest BCUT2D eigenvalue weighted by molar-refractivity contribution is 7.89. The van der Waals surface area contributed by atoms with Crippen molar-refractivity contribution in [2.24, 2.45) is 11.8 Å². The molecule has 1 saturated carbocycles. The van der Waals surface area contributed by atoms with Gasteiger partial charge in [-0.2, -0.15) is 0 Å². The second-order valence-corrected chi connectivity index (χ2v) is 7.08. The van der Waals surface area contributed by atoms with Crippen LogP contribution in [0.5, 0.6) is 0 Å². The van der Waals surface area contributed by atoms with E-state index in [-0.39, 0.29) is 18.4 Å². The smallest absolute Gasteiger partial charge is 0.211 e. The van der Waals surface area contributed by atoms with Crippen molar-refractivity contribution in [1.82, 2.24) is 4.72 Å². The fraction of sp³-hybridized carbons (Fsp3) is 0.538. The Hall–Kier alpha value is -0.720. The molecule has 2 atom stereocenters. The molecule has 1 fully saturated rings. The highest BCUT2D eigenvalue weighted by Gasteiger charge is 2.28. The summed E-state index contributed by atoms with van der Waals surface area (Å²) in [5, 5.41) is 0. The number of hydrogen-bond donors (Lipinski definition) is 1. The van der Waals surface area contributed by atoms with E-state index in [0.717, 1.165) is 31.4 Å². The molecule has 3 nitrogen and oxygen atoms in total. The van der Waals surface area contributed by atoms with Crippen LogP contribution in [0.15, 0.2) is 23.1 Å². The van der Waals surface area contributed by atoms with Gasteiger partial charge in [0.15, 0.2) is 0 Å². The largest absolute Gasteiger partial charge is 0.243 e. The van der Waals surface area contributed by atoms with E-state index in [1.54, 1.807) is 0 Å². The molecule has 0 spiro atoms. The van der Waals surface area contributed by atoms with Gasteiger partial charge in [-0.3, -0.25) is 0 Å². The Balaban J connectivity index is 2.09. The van der Waals surface area contributed by atoms with Gasteiger partial charge in [-0.15, -0.1) is 11.6 Å². The quantitative estimate of drug-likeness (QED) is 0.847. The van der Waals surface area contributed by atoms with E-state index in [4.69, 9.17) is 11.6 Å². The van der Waals surface area contributed by atoms with Gasteiger partial charge in [0.2, 0.25) is 10.0 Å². The summed E-state index contributed by atoms with van der Waals surface area (Å²) in [5.41, 5.74) is 0. The normalized spacial score (nSPS) is 23.1. The van der Waals surface area contributed by atoms with E-state index < -0.39 is 26.6 Å². The minimum atomic E-state index is -4.04. The van der Waals surface area contributed by atoms with E-state index in [9.17, 15) is 17.2 Å². The Morgan fingerprint density at radius 3 is 2.65 bits per heavy atom. The van der Waals surface area contributed by atoms with Crippen molar-refractivity contribution in [3.8, 4) is 0 Å². The summed E-state index contributed by atoms with van der Waals surface area (Å²) in [6.45, 7) is 0.204. The molecule has 20 heavy (non-hydrogen) atoms. The SMILES string of the molecule is O=S(=O)(NCC1CCCC1CCl)c1cc(F)ccc1F. The summed E-state index contributed by atoms with van der Waals surface area (Å²) < 4.78 is 52.9. The number of sulfonamides is 1. The molecule has 0 aromatic heterocycles. The third kappa shape index (κ3) is 3.48. The fourth-order valence-electron chi connectivity index (χ4n) is 2.56. The second-order valence-electron chi connectivity index (χ2n) is 5.03. The van der Waals surface area contributed by atoms with E-state index in [0.29, 0.717) is 11.9 Å². The number of nitrogens with one attached hydrogen (secondary N) is 1. The van der Waals surface area contributed by atoms with Crippen molar-refractivity contribution in [2.75, 3.05) is 12.4 Å². The summed E-state index contributed by atoms with van der Waals surface area (Å²) >= 11 is 5.83. The Morgan fingerprint density at radius 1 is 1.25 bits per heavy atom. The van der Waals surface area contributed by atoms with Gasteiger partial charge in [0.25, 0.3) is 0 Å². The monoisotopic (exact) mass is 323 g/mol. The van der Waals surface area contributed by atoms with Crippen LogP contribution in [0.3, 0.4) is 0 Å². The maximum absolute atomic E-state index is 13.5. The van der Waals surface area contributed by atoms with Crippen LogP contribution in [0.1, 0.15) is 19.3 Å². The molecule has 0 bridgehead atoms. The Labute approximate surface area is 122 Å². The number of hydrogen-bond acceptors (Lipinski definition) is 2. The lowest BCUT2D eigenvalue weighted by atomic mass is 9.98. The zero-order valence-corrected chi connectivity index (χ0v) is 12.4. The third-order valence-electron chi connectivity index (χ3n) is 3.73. The Kier molecular flexibility index (Phi) is 4.99. The van der Waals surface area contributed by atoms with Crippen molar-refractivity contribution < 1.29 is 17.2 Å². The van der Waals surface area contributed by atoms with Crippen molar-refractivity contribution >= 4 is 21.6 Å². The van der Waals surface area contributed by atoms with Gasteiger partial charge in [0, 0.05) is 12.4 Å². The van der Waals surface area contributed by atoms with E-state index >= 15 is 0 Å². The minimum absolute atomic E-state index is 0.152. The topological polar surface area (TPSA) is 46.2 Å². The molecule has 0 aliphatic heterocycles. The van der Waals surface area contributed by atoms with Crippen LogP contribution >= 0.6 is 11.6 Å². The minimum Gasteiger partial charge on any atom is -0.211 e. The zero-order chi connectivity index (χ0) is 14.8. The summed E-state index contributed by atoms with van der Waals surface area (Å²) in [6.07, 6.45) is 2.88. The van der Waals surface area contributed by atoms with Crippen molar-refractivity contribution in [2.45, 2.75) is 24.2 Å².